The van der Waals surface area contributed by atoms with Gasteiger partial charge in [0.05, 0.1) is 5.69 Å². The molecule has 0 N–H and O–H groups in total. The molecular weight excluding hydrogens is 252 g/mol. The first-order chi connectivity index (χ1) is 9.56. The average molecular weight is 270 g/mol. The minimum Gasteiger partial charge on any atom is -0.309 e. The van der Waals surface area contributed by atoms with E-state index in [2.05, 4.69) is 0 Å². The minimum atomic E-state index is -0.471. The van der Waals surface area contributed by atoms with Crippen LogP contribution < -0.4 is 11.1 Å². The predicted octanol–water partition coefficient (Wildman–Crippen LogP) is 2.03. The topological polar surface area (TPSA) is 44.0 Å². The van der Waals surface area contributed by atoms with Crippen LogP contribution in [0.3, 0.4) is 0 Å². The van der Waals surface area contributed by atoms with E-state index in [1.165, 1.54) is 4.57 Å². The lowest BCUT2D eigenvalue weighted by molar-refractivity contribution is 0.591. The van der Waals surface area contributed by atoms with Crippen LogP contribution in [0.1, 0.15) is 24.0 Å². The number of hydrogen-bond acceptors (Lipinski definition) is 2. The maximum atomic E-state index is 12.3. The molecule has 1 aliphatic rings. The zero-order valence-electron chi connectivity index (χ0n) is 11.8. The molecule has 20 heavy (non-hydrogen) atoms. The molecule has 0 unspecified atom stereocenters. The normalized spacial score (nSPS) is 14.5. The fraction of sp³-hybridized carbons (Fsp3) is 0.375. The van der Waals surface area contributed by atoms with Gasteiger partial charge in [-0.3, -0.25) is 14.2 Å². The summed E-state index contributed by atoms with van der Waals surface area (Å²) in [5.74, 6) is 0.573. The number of nitrogens with zero attached hydrogens (tertiary/aromatic N) is 2. The summed E-state index contributed by atoms with van der Waals surface area (Å²) in [6.07, 6.45) is 5.75. The second kappa shape index (κ2) is 4.78. The van der Waals surface area contributed by atoms with Crippen molar-refractivity contribution in [3.63, 3.8) is 0 Å². The van der Waals surface area contributed by atoms with E-state index in [-0.39, 0.29) is 0 Å². The van der Waals surface area contributed by atoms with Gasteiger partial charge in [-0.2, -0.15) is 0 Å². The van der Waals surface area contributed by atoms with Gasteiger partial charge in [-0.1, -0.05) is 12.1 Å². The van der Waals surface area contributed by atoms with Crippen LogP contribution in [0.15, 0.2) is 40.2 Å². The summed E-state index contributed by atoms with van der Waals surface area (Å²) >= 11 is 0. The first-order valence-corrected chi connectivity index (χ1v) is 6.96. The molecule has 2 aromatic rings. The Morgan fingerprint density at radius 2 is 1.85 bits per heavy atom. The van der Waals surface area contributed by atoms with Crippen LogP contribution >= 0.6 is 0 Å². The van der Waals surface area contributed by atoms with E-state index in [1.54, 1.807) is 17.0 Å². The molecule has 1 fully saturated rings. The molecule has 4 nitrogen and oxygen atoms in total. The van der Waals surface area contributed by atoms with Crippen LogP contribution in [-0.4, -0.2) is 9.13 Å². The Balaban J connectivity index is 2.10. The molecule has 1 aromatic heterocycles. The number of benzene rings is 1. The maximum absolute atomic E-state index is 12.3. The predicted molar refractivity (Wildman–Crippen MR) is 78.5 cm³/mol. The van der Waals surface area contributed by atoms with Gasteiger partial charge in [-0.05, 0) is 49.8 Å². The van der Waals surface area contributed by atoms with Gasteiger partial charge in [0.25, 0.3) is 0 Å². The fourth-order valence-electron chi connectivity index (χ4n) is 2.40. The van der Waals surface area contributed by atoms with E-state index >= 15 is 0 Å². The molecule has 0 amide bonds. The van der Waals surface area contributed by atoms with Crippen molar-refractivity contribution in [2.24, 2.45) is 5.92 Å². The van der Waals surface area contributed by atoms with Gasteiger partial charge in [0.1, 0.15) is 0 Å². The lowest BCUT2D eigenvalue weighted by atomic mass is 10.1. The highest BCUT2D eigenvalue weighted by Gasteiger charge is 2.22. The highest BCUT2D eigenvalue weighted by Crippen LogP contribution is 2.29. The van der Waals surface area contributed by atoms with Gasteiger partial charge in [0.15, 0.2) is 0 Å². The highest BCUT2D eigenvalue weighted by molar-refractivity contribution is 5.42. The van der Waals surface area contributed by atoms with E-state index in [1.807, 2.05) is 32.0 Å². The molecule has 0 atom stereocenters. The second-order valence-electron chi connectivity index (χ2n) is 5.66. The lowest BCUT2D eigenvalue weighted by Crippen LogP contribution is -2.40. The number of rotatable bonds is 3. The minimum absolute atomic E-state index is 0.430. The van der Waals surface area contributed by atoms with Crippen molar-refractivity contribution in [1.29, 1.82) is 0 Å². The molecular formula is C16H18N2O2. The van der Waals surface area contributed by atoms with Crippen molar-refractivity contribution in [1.82, 2.24) is 9.13 Å². The van der Waals surface area contributed by atoms with E-state index in [4.69, 9.17) is 0 Å². The standard InChI is InChI=1S/C16H18N2O2/c1-11-3-4-12(2)14(9-11)18-8-7-17(10-13-5-6-13)15(19)16(18)20/h3-4,7-9,13H,5-6,10H2,1-2H3. The first kappa shape index (κ1) is 12.9. The van der Waals surface area contributed by atoms with E-state index in [9.17, 15) is 9.59 Å². The molecule has 3 rings (SSSR count). The van der Waals surface area contributed by atoms with Crippen LogP contribution in [-0.2, 0) is 6.54 Å². The number of aryl methyl sites for hydroxylation is 2. The Kier molecular flexibility index (Phi) is 3.08. The van der Waals surface area contributed by atoms with Crippen molar-refractivity contribution >= 4 is 0 Å². The summed E-state index contributed by atoms with van der Waals surface area (Å²) in [7, 11) is 0. The molecule has 0 radical (unpaired) electrons. The molecule has 4 heteroatoms. The molecule has 0 bridgehead atoms. The fourth-order valence-corrected chi connectivity index (χ4v) is 2.40. The smallest absolute Gasteiger partial charge is 0.309 e. The van der Waals surface area contributed by atoms with Crippen LogP contribution in [0.2, 0.25) is 0 Å². The van der Waals surface area contributed by atoms with E-state index in [0.29, 0.717) is 12.5 Å². The summed E-state index contributed by atoms with van der Waals surface area (Å²) in [6, 6.07) is 5.90. The highest BCUT2D eigenvalue weighted by atomic mass is 16.2. The quantitative estimate of drug-likeness (QED) is 0.801. The van der Waals surface area contributed by atoms with Gasteiger partial charge in [0.2, 0.25) is 0 Å². The molecule has 0 aliphatic heterocycles. The molecule has 0 saturated heterocycles. The Labute approximate surface area is 117 Å². The van der Waals surface area contributed by atoms with Crippen molar-refractivity contribution < 1.29 is 0 Å². The Morgan fingerprint density at radius 1 is 1.10 bits per heavy atom. The van der Waals surface area contributed by atoms with E-state index < -0.39 is 11.1 Å². The molecule has 1 aliphatic carbocycles. The first-order valence-electron chi connectivity index (χ1n) is 6.96. The largest absolute Gasteiger partial charge is 0.320 e. The number of aromatic nitrogens is 2. The van der Waals surface area contributed by atoms with Crippen molar-refractivity contribution in [3.05, 3.63) is 62.4 Å². The summed E-state index contributed by atoms with van der Waals surface area (Å²) < 4.78 is 3.00. The summed E-state index contributed by atoms with van der Waals surface area (Å²) in [5.41, 5.74) is 1.93. The van der Waals surface area contributed by atoms with Crippen molar-refractivity contribution in [2.45, 2.75) is 33.2 Å². The molecule has 0 spiro atoms. The van der Waals surface area contributed by atoms with Crippen LogP contribution in [0.5, 0.6) is 0 Å². The molecule has 1 saturated carbocycles. The van der Waals surface area contributed by atoms with Gasteiger partial charge in [-0.15, -0.1) is 0 Å². The maximum Gasteiger partial charge on any atom is 0.320 e. The van der Waals surface area contributed by atoms with Gasteiger partial charge >= 0.3 is 11.1 Å². The Morgan fingerprint density at radius 3 is 2.55 bits per heavy atom. The van der Waals surface area contributed by atoms with Crippen LogP contribution in [0, 0.1) is 19.8 Å². The molecule has 1 aromatic carbocycles. The molecule has 104 valence electrons. The van der Waals surface area contributed by atoms with E-state index in [0.717, 1.165) is 29.7 Å². The zero-order chi connectivity index (χ0) is 14.3. The average Bonchev–Trinajstić information content (AvgIpc) is 3.23. The van der Waals surface area contributed by atoms with Gasteiger partial charge < -0.3 is 4.57 Å². The summed E-state index contributed by atoms with van der Waals surface area (Å²) in [4.78, 5) is 24.4. The molecule has 1 heterocycles. The summed E-state index contributed by atoms with van der Waals surface area (Å²) in [5, 5.41) is 0. The van der Waals surface area contributed by atoms with Crippen molar-refractivity contribution in [3.8, 4) is 5.69 Å². The lowest BCUT2D eigenvalue weighted by Gasteiger charge is -2.11. The monoisotopic (exact) mass is 270 g/mol. The van der Waals surface area contributed by atoms with Crippen LogP contribution in [0.25, 0.3) is 5.69 Å². The third kappa shape index (κ3) is 2.33. The van der Waals surface area contributed by atoms with Crippen LogP contribution in [0.4, 0.5) is 0 Å². The Bertz CT molecular complexity index is 767. The van der Waals surface area contributed by atoms with Gasteiger partial charge in [-0.25, -0.2) is 0 Å². The van der Waals surface area contributed by atoms with Gasteiger partial charge in [0, 0.05) is 18.9 Å². The Hall–Kier alpha value is -2.10. The number of hydrogen-bond donors (Lipinski definition) is 0. The SMILES string of the molecule is Cc1ccc(C)c(-n2ccn(CC3CC3)c(=O)c2=O)c1. The third-order valence-corrected chi connectivity index (χ3v) is 3.83. The summed E-state index contributed by atoms with van der Waals surface area (Å²) in [6.45, 7) is 4.58. The second-order valence-corrected chi connectivity index (χ2v) is 5.66. The third-order valence-electron chi connectivity index (χ3n) is 3.83. The zero-order valence-corrected chi connectivity index (χ0v) is 11.8. The van der Waals surface area contributed by atoms with Crippen molar-refractivity contribution in [2.75, 3.05) is 0 Å².